The van der Waals surface area contributed by atoms with Crippen LogP contribution in [0.5, 0.6) is 0 Å². The van der Waals surface area contributed by atoms with Crippen molar-refractivity contribution in [3.8, 4) is 0 Å². The first-order valence-electron chi connectivity index (χ1n) is 9.51. The Hall–Kier alpha value is -2.45. The van der Waals surface area contributed by atoms with E-state index in [1.807, 2.05) is 20.0 Å². The molecule has 28 heavy (non-hydrogen) atoms. The molecule has 1 saturated heterocycles. The Morgan fingerprint density at radius 2 is 2.07 bits per heavy atom. The molecular weight excluding hydrogens is 361 g/mol. The number of aliphatic hydroxyl groups is 1. The molecule has 3 aromatic rings. The van der Waals surface area contributed by atoms with Crippen molar-refractivity contribution >= 4 is 22.6 Å². The van der Waals surface area contributed by atoms with Crippen LogP contribution in [0.1, 0.15) is 49.5 Å². The molecule has 7 nitrogen and oxygen atoms in total. The zero-order valence-corrected chi connectivity index (χ0v) is 16.4. The van der Waals surface area contributed by atoms with Crippen LogP contribution in [-0.2, 0) is 5.41 Å². The lowest BCUT2D eigenvalue weighted by Gasteiger charge is -2.40. The number of halogens is 1. The number of nitrogens with two attached hydrogens (primary N) is 1. The van der Waals surface area contributed by atoms with Gasteiger partial charge in [-0.05, 0) is 51.9 Å². The number of β-amino-alcohol motifs (C(OH)–C–C–N with tert-alkyl or cyclic N) is 1. The van der Waals surface area contributed by atoms with Gasteiger partial charge in [0.05, 0.1) is 22.9 Å². The summed E-state index contributed by atoms with van der Waals surface area (Å²) in [5.41, 5.74) is 7.55. The lowest BCUT2D eigenvalue weighted by atomic mass is 9.75. The number of benzene rings is 1. The number of rotatable bonds is 4. The second kappa shape index (κ2) is 6.28. The van der Waals surface area contributed by atoms with Gasteiger partial charge in [-0.15, -0.1) is 0 Å². The second-order valence-corrected chi connectivity index (χ2v) is 8.81. The molecule has 0 radical (unpaired) electrons. The molecule has 0 saturated carbocycles. The van der Waals surface area contributed by atoms with Gasteiger partial charge >= 0.3 is 0 Å². The molecule has 8 heteroatoms. The van der Waals surface area contributed by atoms with Gasteiger partial charge < -0.3 is 20.7 Å². The first kappa shape index (κ1) is 18.9. The van der Waals surface area contributed by atoms with E-state index >= 15 is 0 Å². The van der Waals surface area contributed by atoms with Crippen molar-refractivity contribution in [3.05, 3.63) is 35.3 Å². The van der Waals surface area contributed by atoms with Crippen LogP contribution < -0.4 is 5.73 Å². The maximum atomic E-state index is 13.9. The van der Waals surface area contributed by atoms with Crippen molar-refractivity contribution in [2.75, 3.05) is 19.6 Å². The van der Waals surface area contributed by atoms with E-state index in [9.17, 15) is 14.3 Å². The molecule has 150 valence electrons. The van der Waals surface area contributed by atoms with Crippen LogP contribution in [0.15, 0.2) is 18.3 Å². The van der Waals surface area contributed by atoms with Crippen molar-refractivity contribution in [1.82, 2.24) is 19.5 Å². The Morgan fingerprint density at radius 3 is 2.68 bits per heavy atom. The van der Waals surface area contributed by atoms with Crippen LogP contribution in [0.3, 0.4) is 0 Å². The maximum Gasteiger partial charge on any atom is 0.251 e. The molecular formula is C20H26FN5O2. The molecule has 1 aliphatic rings. The summed E-state index contributed by atoms with van der Waals surface area (Å²) in [6, 6.07) is 2.50. The minimum Gasteiger partial charge on any atom is -0.389 e. The fourth-order valence-corrected chi connectivity index (χ4v) is 4.34. The van der Waals surface area contributed by atoms with Gasteiger partial charge in [-0.3, -0.25) is 4.79 Å². The first-order chi connectivity index (χ1) is 13.1. The van der Waals surface area contributed by atoms with Gasteiger partial charge in [0.15, 0.2) is 0 Å². The van der Waals surface area contributed by atoms with E-state index in [0.717, 1.165) is 43.2 Å². The van der Waals surface area contributed by atoms with E-state index in [1.54, 1.807) is 4.52 Å². The molecule has 2 aromatic heterocycles. The molecule has 0 unspecified atom stereocenters. The lowest BCUT2D eigenvalue weighted by molar-refractivity contribution is 0.0222. The third-order valence-corrected chi connectivity index (χ3v) is 5.79. The Balaban J connectivity index is 1.72. The summed E-state index contributed by atoms with van der Waals surface area (Å²) >= 11 is 0. The van der Waals surface area contributed by atoms with Gasteiger partial charge in [0.1, 0.15) is 17.0 Å². The average molecular weight is 387 g/mol. The number of primary amides is 1. The third-order valence-electron chi connectivity index (χ3n) is 5.79. The molecule has 1 amide bonds. The number of nitrogens with zero attached hydrogens (tertiary/aromatic N) is 3. The SMILES string of the molecule is CC(C)(O)CN1CCC(C)(c2cnn3c2[nH]c2cc(F)cc(C(N)=O)c23)CC1. The highest BCUT2D eigenvalue weighted by molar-refractivity contribution is 6.05. The van der Waals surface area contributed by atoms with E-state index in [0.29, 0.717) is 17.6 Å². The van der Waals surface area contributed by atoms with E-state index < -0.39 is 17.3 Å². The quantitative estimate of drug-likeness (QED) is 0.639. The Bertz CT molecular complexity index is 1050. The molecule has 3 heterocycles. The Kier molecular flexibility index (Phi) is 4.24. The summed E-state index contributed by atoms with van der Waals surface area (Å²) in [5.74, 6) is -1.20. The molecule has 4 N–H and O–H groups in total. The number of aromatic nitrogens is 3. The number of piperidine rings is 1. The number of imidazole rings is 1. The van der Waals surface area contributed by atoms with Crippen LogP contribution in [0.25, 0.3) is 16.7 Å². The smallest absolute Gasteiger partial charge is 0.251 e. The topological polar surface area (TPSA) is 99.7 Å². The molecule has 1 fully saturated rings. The standard InChI is InChI=1S/C20H26FN5O2/c1-19(2,28)11-25-6-4-20(3,5-7-25)14-10-23-26-16-13(17(22)27)8-12(21)9-15(16)24-18(14)26/h8-10,24,28H,4-7,11H2,1-3H3,(H2,22,27). The van der Waals surface area contributed by atoms with E-state index in [2.05, 4.69) is 21.9 Å². The van der Waals surface area contributed by atoms with E-state index in [4.69, 9.17) is 5.73 Å². The van der Waals surface area contributed by atoms with Gasteiger partial charge in [-0.1, -0.05) is 6.92 Å². The van der Waals surface area contributed by atoms with Gasteiger partial charge in [-0.2, -0.15) is 5.10 Å². The summed E-state index contributed by atoms with van der Waals surface area (Å²) in [4.78, 5) is 17.3. The highest BCUT2D eigenvalue weighted by Crippen LogP contribution is 2.38. The number of carbonyl (C=O) groups excluding carboxylic acids is 1. The zero-order valence-electron chi connectivity index (χ0n) is 16.4. The molecule has 4 rings (SSSR count). The zero-order chi connectivity index (χ0) is 20.3. The number of hydrogen-bond donors (Lipinski definition) is 3. The van der Waals surface area contributed by atoms with Crippen molar-refractivity contribution in [2.24, 2.45) is 5.73 Å². The molecule has 0 spiro atoms. The van der Waals surface area contributed by atoms with Crippen LogP contribution >= 0.6 is 0 Å². The first-order valence-corrected chi connectivity index (χ1v) is 9.51. The highest BCUT2D eigenvalue weighted by Gasteiger charge is 2.36. The van der Waals surface area contributed by atoms with Gasteiger partial charge in [-0.25, -0.2) is 8.91 Å². The molecule has 0 aliphatic carbocycles. The van der Waals surface area contributed by atoms with Crippen molar-refractivity contribution in [3.63, 3.8) is 0 Å². The normalized spacial score (nSPS) is 18.2. The minimum atomic E-state index is -0.717. The predicted molar refractivity (Wildman–Crippen MR) is 105 cm³/mol. The molecule has 0 bridgehead atoms. The summed E-state index contributed by atoms with van der Waals surface area (Å²) in [7, 11) is 0. The van der Waals surface area contributed by atoms with Gasteiger partial charge in [0.25, 0.3) is 5.91 Å². The summed E-state index contributed by atoms with van der Waals surface area (Å²) < 4.78 is 15.6. The van der Waals surface area contributed by atoms with Crippen LogP contribution in [0.4, 0.5) is 4.39 Å². The van der Waals surface area contributed by atoms with Crippen LogP contribution in [0, 0.1) is 5.82 Å². The van der Waals surface area contributed by atoms with Crippen LogP contribution in [-0.4, -0.2) is 55.7 Å². The highest BCUT2D eigenvalue weighted by atomic mass is 19.1. The monoisotopic (exact) mass is 387 g/mol. The number of amides is 1. The largest absolute Gasteiger partial charge is 0.389 e. The summed E-state index contributed by atoms with van der Waals surface area (Å²) in [6.45, 7) is 8.23. The number of fused-ring (bicyclic) bond motifs is 3. The lowest BCUT2D eigenvalue weighted by Crippen LogP contribution is -2.46. The third kappa shape index (κ3) is 3.16. The van der Waals surface area contributed by atoms with Crippen molar-refractivity contribution in [2.45, 2.75) is 44.6 Å². The van der Waals surface area contributed by atoms with E-state index in [1.165, 1.54) is 6.07 Å². The summed E-state index contributed by atoms with van der Waals surface area (Å²) in [6.07, 6.45) is 3.65. The minimum absolute atomic E-state index is 0.107. The number of aromatic amines is 1. The van der Waals surface area contributed by atoms with Gasteiger partial charge in [0, 0.05) is 17.5 Å². The maximum absolute atomic E-state index is 13.9. The second-order valence-electron chi connectivity index (χ2n) is 8.81. The Morgan fingerprint density at radius 1 is 1.39 bits per heavy atom. The predicted octanol–water partition coefficient (Wildman–Crippen LogP) is 2.18. The van der Waals surface area contributed by atoms with Crippen molar-refractivity contribution < 1.29 is 14.3 Å². The van der Waals surface area contributed by atoms with Crippen LogP contribution in [0.2, 0.25) is 0 Å². The fourth-order valence-electron chi connectivity index (χ4n) is 4.34. The fraction of sp³-hybridized carbons (Fsp3) is 0.500. The molecule has 1 aliphatic heterocycles. The van der Waals surface area contributed by atoms with E-state index in [-0.39, 0.29) is 11.0 Å². The number of nitrogens with one attached hydrogen (secondary N) is 1. The summed E-state index contributed by atoms with van der Waals surface area (Å²) in [5, 5.41) is 14.6. The van der Waals surface area contributed by atoms with Gasteiger partial charge in [0.2, 0.25) is 0 Å². The number of carbonyl (C=O) groups is 1. The number of H-pyrrole nitrogens is 1. The number of likely N-dealkylation sites (tertiary alicyclic amines) is 1. The van der Waals surface area contributed by atoms with Crippen molar-refractivity contribution in [1.29, 1.82) is 0 Å². The molecule has 0 atom stereocenters. The molecule has 1 aromatic carbocycles. The number of hydrogen-bond acceptors (Lipinski definition) is 4. The average Bonchev–Trinajstić information content (AvgIpc) is 3.13. The Labute approximate surface area is 162 Å².